The van der Waals surface area contributed by atoms with Crippen LogP contribution >= 0.6 is 0 Å². The molecule has 0 spiro atoms. The third kappa shape index (κ3) is 12.1. The van der Waals surface area contributed by atoms with Gasteiger partial charge in [0.05, 0.1) is 11.4 Å². The summed E-state index contributed by atoms with van der Waals surface area (Å²) >= 11 is 0. The van der Waals surface area contributed by atoms with E-state index < -0.39 is 21.5 Å². The van der Waals surface area contributed by atoms with Crippen LogP contribution in [0, 0.1) is 0 Å². The first-order valence-corrected chi connectivity index (χ1v) is 9.03. The van der Waals surface area contributed by atoms with Crippen molar-refractivity contribution in [2.45, 2.75) is 89.4 Å². The van der Waals surface area contributed by atoms with Gasteiger partial charge in [-0.25, -0.2) is 8.42 Å². The van der Waals surface area contributed by atoms with Crippen LogP contribution in [-0.4, -0.2) is 29.4 Å². The maximum absolute atomic E-state index is 11.2. The fourth-order valence-corrected chi connectivity index (χ4v) is 3.23. The van der Waals surface area contributed by atoms with Crippen LogP contribution in [0.25, 0.3) is 0 Å². The summed E-state index contributed by atoms with van der Waals surface area (Å²) in [6.45, 7) is 4.12. The van der Waals surface area contributed by atoms with E-state index in [1.807, 2.05) is 6.92 Å². The summed E-state index contributed by atoms with van der Waals surface area (Å²) in [4.78, 5) is 0. The molecular weight excluding hydrogens is 303 g/mol. The predicted molar refractivity (Wildman–Crippen MR) is 77.0 cm³/mol. The van der Waals surface area contributed by atoms with Gasteiger partial charge in [-0.3, -0.25) is 0 Å². The number of aliphatic hydroxyl groups excluding tert-OH is 1. The average molecular weight is 333 g/mol. The standard InChI is InChI=1S/C14H30O4S.K/c1-3-5-7-8-9-10-12-14(19(16,17)18)13(15)11-6-4-2;/h13-15H,3-12H2,1-2H3,(H,16,17,18);/q;+1/p-1. The minimum atomic E-state index is -4.39. The fourth-order valence-electron chi connectivity index (χ4n) is 2.25. The second-order valence-electron chi connectivity index (χ2n) is 5.30. The minimum Gasteiger partial charge on any atom is -0.748 e. The van der Waals surface area contributed by atoms with E-state index in [2.05, 4.69) is 6.92 Å². The smallest absolute Gasteiger partial charge is 0.748 e. The summed E-state index contributed by atoms with van der Waals surface area (Å²) in [5.41, 5.74) is 0. The van der Waals surface area contributed by atoms with Gasteiger partial charge in [-0.15, -0.1) is 0 Å². The van der Waals surface area contributed by atoms with Gasteiger partial charge in [0.15, 0.2) is 0 Å². The van der Waals surface area contributed by atoms with Gasteiger partial charge in [0.1, 0.15) is 10.1 Å². The summed E-state index contributed by atoms with van der Waals surface area (Å²) < 4.78 is 33.6. The molecule has 0 fully saturated rings. The minimum absolute atomic E-state index is 0. The summed E-state index contributed by atoms with van der Waals surface area (Å²) in [7, 11) is -4.39. The molecule has 4 nitrogen and oxygen atoms in total. The molecule has 0 amide bonds. The van der Waals surface area contributed by atoms with E-state index in [0.29, 0.717) is 19.3 Å². The third-order valence-corrected chi connectivity index (χ3v) is 4.79. The van der Waals surface area contributed by atoms with Crippen LogP contribution in [-0.2, 0) is 10.1 Å². The van der Waals surface area contributed by atoms with E-state index in [1.165, 1.54) is 12.8 Å². The van der Waals surface area contributed by atoms with Crippen molar-refractivity contribution < 1.29 is 69.5 Å². The predicted octanol–water partition coefficient (Wildman–Crippen LogP) is 0.206. The maximum Gasteiger partial charge on any atom is 1.00 e. The van der Waals surface area contributed by atoms with Crippen LogP contribution < -0.4 is 51.4 Å². The van der Waals surface area contributed by atoms with Crippen molar-refractivity contribution >= 4 is 10.1 Å². The Kier molecular flexibility index (Phi) is 16.8. The van der Waals surface area contributed by atoms with Gasteiger partial charge in [0, 0.05) is 0 Å². The molecule has 116 valence electrons. The topological polar surface area (TPSA) is 77.4 Å². The van der Waals surface area contributed by atoms with Crippen LogP contribution in [0.2, 0.25) is 0 Å². The molecule has 0 aliphatic rings. The van der Waals surface area contributed by atoms with Gasteiger partial charge in [0.25, 0.3) is 0 Å². The van der Waals surface area contributed by atoms with E-state index >= 15 is 0 Å². The molecule has 0 saturated carbocycles. The largest absolute Gasteiger partial charge is 1.00 e. The second kappa shape index (κ2) is 14.1. The van der Waals surface area contributed by atoms with Gasteiger partial charge in [-0.1, -0.05) is 65.2 Å². The van der Waals surface area contributed by atoms with Crippen molar-refractivity contribution in [1.29, 1.82) is 0 Å². The third-order valence-electron chi connectivity index (χ3n) is 3.50. The van der Waals surface area contributed by atoms with E-state index in [4.69, 9.17) is 0 Å². The Morgan fingerprint density at radius 3 is 1.90 bits per heavy atom. The number of unbranched alkanes of at least 4 members (excludes halogenated alkanes) is 6. The number of hydrogen-bond acceptors (Lipinski definition) is 4. The van der Waals surface area contributed by atoms with Crippen LogP contribution in [0.1, 0.15) is 78.1 Å². The number of aliphatic hydroxyl groups is 1. The molecule has 0 rings (SSSR count). The monoisotopic (exact) mass is 332 g/mol. The molecule has 1 N–H and O–H groups in total. The second-order valence-corrected chi connectivity index (χ2v) is 6.89. The first-order chi connectivity index (χ1) is 8.93. The zero-order chi connectivity index (χ0) is 14.7. The molecule has 2 unspecified atom stereocenters. The molecule has 0 aliphatic heterocycles. The Balaban J connectivity index is 0. The summed E-state index contributed by atoms with van der Waals surface area (Å²) in [6, 6.07) is 0. The fraction of sp³-hybridized carbons (Fsp3) is 1.00. The van der Waals surface area contributed by atoms with Gasteiger partial charge < -0.3 is 9.66 Å². The molecule has 0 bridgehead atoms. The summed E-state index contributed by atoms with van der Waals surface area (Å²) in [5.74, 6) is 0. The molecule has 0 aromatic heterocycles. The SMILES string of the molecule is CCCCCCCCC(C(O)CCCC)S(=O)(=O)[O-].[K+]. The normalized spacial score (nSPS) is 14.6. The Morgan fingerprint density at radius 2 is 1.40 bits per heavy atom. The molecule has 2 atom stereocenters. The van der Waals surface area contributed by atoms with Gasteiger partial charge in [0.2, 0.25) is 0 Å². The Bertz CT molecular complexity index is 306. The van der Waals surface area contributed by atoms with Gasteiger partial charge in [-0.2, -0.15) is 0 Å². The molecular formula is C14H29KO4S. The first kappa shape index (κ1) is 23.8. The molecule has 20 heavy (non-hydrogen) atoms. The van der Waals surface area contributed by atoms with E-state index in [9.17, 15) is 18.1 Å². The Labute approximate surface area is 167 Å². The Morgan fingerprint density at radius 1 is 0.900 bits per heavy atom. The van der Waals surface area contributed by atoms with E-state index in [1.54, 1.807) is 0 Å². The van der Waals surface area contributed by atoms with E-state index in [-0.39, 0.29) is 51.4 Å². The molecule has 0 aliphatic carbocycles. The van der Waals surface area contributed by atoms with Crippen LogP contribution in [0.5, 0.6) is 0 Å². The van der Waals surface area contributed by atoms with Crippen molar-refractivity contribution in [3.63, 3.8) is 0 Å². The van der Waals surface area contributed by atoms with Crippen molar-refractivity contribution in [1.82, 2.24) is 0 Å². The van der Waals surface area contributed by atoms with Gasteiger partial charge in [-0.05, 0) is 12.8 Å². The van der Waals surface area contributed by atoms with Crippen LogP contribution in [0.15, 0.2) is 0 Å². The van der Waals surface area contributed by atoms with Gasteiger partial charge >= 0.3 is 51.4 Å². The first-order valence-electron chi connectivity index (χ1n) is 7.56. The molecule has 0 saturated heterocycles. The summed E-state index contributed by atoms with van der Waals surface area (Å²) in [5, 5.41) is 8.72. The quantitative estimate of drug-likeness (QED) is 0.315. The number of hydrogen-bond donors (Lipinski definition) is 1. The van der Waals surface area contributed by atoms with Crippen molar-refractivity contribution in [3.8, 4) is 0 Å². The van der Waals surface area contributed by atoms with E-state index in [0.717, 1.165) is 32.1 Å². The van der Waals surface area contributed by atoms with Crippen molar-refractivity contribution in [2.24, 2.45) is 0 Å². The van der Waals surface area contributed by atoms with Crippen molar-refractivity contribution in [2.75, 3.05) is 0 Å². The molecule has 6 heteroatoms. The van der Waals surface area contributed by atoms with Crippen LogP contribution in [0.4, 0.5) is 0 Å². The average Bonchev–Trinajstić information content (AvgIpc) is 2.33. The zero-order valence-electron chi connectivity index (χ0n) is 13.3. The maximum atomic E-state index is 11.2. The van der Waals surface area contributed by atoms with Crippen LogP contribution in [0.3, 0.4) is 0 Å². The molecule has 0 aromatic carbocycles. The molecule has 0 heterocycles. The Hall–Kier alpha value is 1.51. The summed E-state index contributed by atoms with van der Waals surface area (Å²) in [6.07, 6.45) is 7.58. The van der Waals surface area contributed by atoms with Crippen molar-refractivity contribution in [3.05, 3.63) is 0 Å². The zero-order valence-corrected chi connectivity index (χ0v) is 17.2. The molecule has 0 aromatic rings. The molecule has 0 radical (unpaired) electrons. The number of rotatable bonds is 12.